The summed E-state index contributed by atoms with van der Waals surface area (Å²) in [5.74, 6) is -0.178. The minimum Gasteiger partial charge on any atom is -0.376 e. The topological polar surface area (TPSA) is 79.4 Å². The van der Waals surface area contributed by atoms with E-state index in [4.69, 9.17) is 17.0 Å². The number of aromatic amines is 1. The zero-order chi connectivity index (χ0) is 20.1. The summed E-state index contributed by atoms with van der Waals surface area (Å²) in [6, 6.07) is 5.06. The molecule has 0 radical (unpaired) electrons. The van der Waals surface area contributed by atoms with Crippen LogP contribution in [0.25, 0.3) is 10.9 Å². The summed E-state index contributed by atoms with van der Waals surface area (Å²) in [4.78, 5) is 30.6. The minimum absolute atomic E-state index is 0.0909. The number of benzene rings is 1. The average Bonchev–Trinajstić information content (AvgIpc) is 3.22. The molecule has 0 spiro atoms. The molecule has 2 heterocycles. The second kappa shape index (κ2) is 9.45. The standard InChI is InChI=1S/C20H28N4O3S/c1-3-23(4-2)9-10-24-19(26)16-8-7-14(12-17(16)22-20(24)28)18(25)21-13-15-6-5-11-27-15/h7-8,12,15H,3-6,9-11,13H2,1-2H3,(H,21,25)(H,22,28)/t15-/m1/s1. The molecular weight excluding hydrogens is 376 g/mol. The third kappa shape index (κ3) is 4.68. The van der Waals surface area contributed by atoms with E-state index in [9.17, 15) is 9.59 Å². The van der Waals surface area contributed by atoms with Crippen LogP contribution in [-0.2, 0) is 11.3 Å². The molecule has 1 amide bonds. The first-order valence-electron chi connectivity index (χ1n) is 9.92. The molecule has 1 aromatic carbocycles. The van der Waals surface area contributed by atoms with Gasteiger partial charge < -0.3 is 19.9 Å². The molecule has 28 heavy (non-hydrogen) atoms. The molecule has 1 saturated heterocycles. The van der Waals surface area contributed by atoms with Crippen molar-refractivity contribution >= 4 is 29.0 Å². The van der Waals surface area contributed by atoms with Gasteiger partial charge in [0.2, 0.25) is 0 Å². The van der Waals surface area contributed by atoms with Gasteiger partial charge in [-0.2, -0.15) is 0 Å². The summed E-state index contributed by atoms with van der Waals surface area (Å²) in [7, 11) is 0. The number of hydrogen-bond acceptors (Lipinski definition) is 5. The Morgan fingerprint density at radius 3 is 2.86 bits per heavy atom. The lowest BCUT2D eigenvalue weighted by molar-refractivity contribution is 0.0858. The Hall–Kier alpha value is -2.03. The highest BCUT2D eigenvalue weighted by atomic mass is 32.1. The van der Waals surface area contributed by atoms with Crippen LogP contribution in [0.15, 0.2) is 23.0 Å². The zero-order valence-electron chi connectivity index (χ0n) is 16.5. The molecule has 1 fully saturated rings. The number of ether oxygens (including phenoxy) is 1. The molecule has 3 rings (SSSR count). The van der Waals surface area contributed by atoms with E-state index in [2.05, 4.69) is 29.0 Å². The number of likely N-dealkylation sites (N-methyl/N-ethyl adjacent to an activating group) is 1. The van der Waals surface area contributed by atoms with Crippen LogP contribution in [0.1, 0.15) is 37.0 Å². The van der Waals surface area contributed by atoms with Crippen LogP contribution >= 0.6 is 12.2 Å². The molecule has 8 heteroatoms. The van der Waals surface area contributed by atoms with E-state index in [-0.39, 0.29) is 17.6 Å². The van der Waals surface area contributed by atoms with Gasteiger partial charge in [-0.15, -0.1) is 0 Å². The molecule has 0 saturated carbocycles. The van der Waals surface area contributed by atoms with E-state index < -0.39 is 0 Å². The number of fused-ring (bicyclic) bond motifs is 1. The Labute approximate surface area is 169 Å². The number of aromatic nitrogens is 2. The SMILES string of the molecule is CCN(CC)CCn1c(=S)[nH]c2cc(C(=O)NC[C@H]3CCCO3)ccc2c1=O. The van der Waals surface area contributed by atoms with Crippen LogP contribution in [0.2, 0.25) is 0 Å². The lowest BCUT2D eigenvalue weighted by Crippen LogP contribution is -2.32. The second-order valence-electron chi connectivity index (χ2n) is 7.02. The van der Waals surface area contributed by atoms with Crippen LogP contribution < -0.4 is 10.9 Å². The predicted molar refractivity (Wildman–Crippen MR) is 112 cm³/mol. The smallest absolute Gasteiger partial charge is 0.262 e. The van der Waals surface area contributed by atoms with Crippen molar-refractivity contribution in [1.82, 2.24) is 19.8 Å². The van der Waals surface area contributed by atoms with Crippen molar-refractivity contribution in [1.29, 1.82) is 0 Å². The third-order valence-electron chi connectivity index (χ3n) is 5.29. The van der Waals surface area contributed by atoms with Gasteiger partial charge in [-0.25, -0.2) is 0 Å². The predicted octanol–water partition coefficient (Wildman–Crippen LogP) is 2.31. The van der Waals surface area contributed by atoms with Gasteiger partial charge >= 0.3 is 0 Å². The van der Waals surface area contributed by atoms with Crippen LogP contribution in [0.4, 0.5) is 0 Å². The van der Waals surface area contributed by atoms with Gasteiger partial charge in [0.1, 0.15) is 0 Å². The Kier molecular flexibility index (Phi) is 6.98. The molecule has 1 aliphatic rings. The second-order valence-corrected chi connectivity index (χ2v) is 7.41. The van der Waals surface area contributed by atoms with Crippen molar-refractivity contribution in [3.8, 4) is 0 Å². The number of carbonyl (C=O) groups is 1. The molecule has 1 atom stereocenters. The molecule has 0 aliphatic carbocycles. The maximum atomic E-state index is 12.9. The van der Waals surface area contributed by atoms with Gasteiger partial charge in [0.15, 0.2) is 4.77 Å². The first-order valence-corrected chi connectivity index (χ1v) is 10.3. The summed E-state index contributed by atoms with van der Waals surface area (Å²) in [6.45, 7) is 8.61. The number of amides is 1. The lowest BCUT2D eigenvalue weighted by atomic mass is 10.1. The van der Waals surface area contributed by atoms with Crippen molar-refractivity contribution < 1.29 is 9.53 Å². The van der Waals surface area contributed by atoms with E-state index in [1.807, 2.05) is 0 Å². The number of nitrogens with one attached hydrogen (secondary N) is 2. The summed E-state index contributed by atoms with van der Waals surface area (Å²) in [5, 5.41) is 3.43. The Morgan fingerprint density at radius 2 is 2.18 bits per heavy atom. The van der Waals surface area contributed by atoms with Gasteiger partial charge in [-0.3, -0.25) is 14.2 Å². The fraction of sp³-hybridized carbons (Fsp3) is 0.550. The van der Waals surface area contributed by atoms with Crippen LogP contribution in [0, 0.1) is 4.77 Å². The molecule has 2 N–H and O–H groups in total. The first kappa shape index (κ1) is 20.7. The van der Waals surface area contributed by atoms with Crippen LogP contribution in [0.3, 0.4) is 0 Å². The Morgan fingerprint density at radius 1 is 1.39 bits per heavy atom. The maximum absolute atomic E-state index is 12.9. The number of H-pyrrole nitrogens is 1. The molecule has 1 aromatic heterocycles. The number of nitrogens with zero attached hydrogens (tertiary/aromatic N) is 2. The molecule has 1 aliphatic heterocycles. The monoisotopic (exact) mass is 404 g/mol. The highest BCUT2D eigenvalue weighted by Gasteiger charge is 2.17. The zero-order valence-corrected chi connectivity index (χ0v) is 17.3. The third-order valence-corrected chi connectivity index (χ3v) is 5.62. The van der Waals surface area contributed by atoms with Gasteiger partial charge in [0.25, 0.3) is 11.5 Å². The van der Waals surface area contributed by atoms with E-state index in [1.165, 1.54) is 0 Å². The summed E-state index contributed by atoms with van der Waals surface area (Å²) in [5.41, 5.74) is 0.951. The van der Waals surface area contributed by atoms with Crippen molar-refractivity contribution in [2.45, 2.75) is 39.3 Å². The molecule has 0 unspecified atom stereocenters. The first-order chi connectivity index (χ1) is 13.5. The average molecular weight is 405 g/mol. The van der Waals surface area contributed by atoms with Gasteiger partial charge in [0, 0.05) is 31.8 Å². The molecule has 2 aromatic rings. The summed E-state index contributed by atoms with van der Waals surface area (Å²) < 4.78 is 7.49. The van der Waals surface area contributed by atoms with Crippen molar-refractivity contribution in [3.63, 3.8) is 0 Å². The lowest BCUT2D eigenvalue weighted by Gasteiger charge is -2.18. The normalized spacial score (nSPS) is 16.8. The van der Waals surface area contributed by atoms with Gasteiger partial charge in [-0.05, 0) is 56.3 Å². The Bertz CT molecular complexity index is 943. The summed E-state index contributed by atoms with van der Waals surface area (Å²) >= 11 is 5.40. The van der Waals surface area contributed by atoms with E-state index >= 15 is 0 Å². The number of rotatable bonds is 8. The molecular formula is C20H28N4O3S. The summed E-state index contributed by atoms with van der Waals surface area (Å²) in [6.07, 6.45) is 2.10. The van der Waals surface area contributed by atoms with Crippen molar-refractivity contribution in [3.05, 3.63) is 38.9 Å². The Balaban J connectivity index is 1.78. The molecule has 152 valence electrons. The van der Waals surface area contributed by atoms with Crippen molar-refractivity contribution in [2.24, 2.45) is 0 Å². The highest BCUT2D eigenvalue weighted by molar-refractivity contribution is 7.71. The highest BCUT2D eigenvalue weighted by Crippen LogP contribution is 2.13. The van der Waals surface area contributed by atoms with E-state index in [0.29, 0.717) is 34.3 Å². The quantitative estimate of drug-likeness (QED) is 0.660. The number of hydrogen-bond donors (Lipinski definition) is 2. The fourth-order valence-corrected chi connectivity index (χ4v) is 3.78. The van der Waals surface area contributed by atoms with Gasteiger partial charge in [-0.1, -0.05) is 13.8 Å². The number of carbonyl (C=O) groups excluding carboxylic acids is 1. The van der Waals surface area contributed by atoms with Crippen molar-refractivity contribution in [2.75, 3.05) is 32.8 Å². The molecule has 0 bridgehead atoms. The fourth-order valence-electron chi connectivity index (χ4n) is 3.49. The maximum Gasteiger partial charge on any atom is 0.262 e. The van der Waals surface area contributed by atoms with Gasteiger partial charge in [0.05, 0.1) is 17.0 Å². The van der Waals surface area contributed by atoms with E-state index in [1.54, 1.807) is 22.8 Å². The largest absolute Gasteiger partial charge is 0.376 e. The van der Waals surface area contributed by atoms with E-state index in [0.717, 1.165) is 39.1 Å². The molecule has 7 nitrogen and oxygen atoms in total. The van der Waals surface area contributed by atoms with Crippen LogP contribution in [0.5, 0.6) is 0 Å². The minimum atomic E-state index is -0.178. The van der Waals surface area contributed by atoms with Crippen LogP contribution in [-0.4, -0.2) is 59.2 Å².